The van der Waals surface area contributed by atoms with E-state index in [0.717, 1.165) is 44.6 Å². The summed E-state index contributed by atoms with van der Waals surface area (Å²) in [5.41, 5.74) is 0. The van der Waals surface area contributed by atoms with Gasteiger partial charge in [-0.1, -0.05) is 27.7 Å². The van der Waals surface area contributed by atoms with E-state index in [1.807, 2.05) is 0 Å². The van der Waals surface area contributed by atoms with Gasteiger partial charge in [0.25, 0.3) is 0 Å². The molecule has 0 unspecified atom stereocenters. The molecule has 0 saturated carbocycles. The molecule has 1 saturated heterocycles. The number of nitrogens with one attached hydrogen (secondary N) is 1. The van der Waals surface area contributed by atoms with Crippen LogP contribution in [0.1, 0.15) is 40.5 Å². The number of ether oxygens (including phenoxy) is 1. The van der Waals surface area contributed by atoms with Crippen LogP contribution in [-0.2, 0) is 4.74 Å². The molecular formula is C15H32N2O. The van der Waals surface area contributed by atoms with E-state index in [-0.39, 0.29) is 0 Å². The van der Waals surface area contributed by atoms with Gasteiger partial charge in [-0.05, 0) is 37.8 Å². The summed E-state index contributed by atoms with van der Waals surface area (Å²) in [5, 5.41) is 3.50. The summed E-state index contributed by atoms with van der Waals surface area (Å²) in [7, 11) is 0. The summed E-state index contributed by atoms with van der Waals surface area (Å²) in [6, 6.07) is 0. The minimum absolute atomic E-state index is 0.386. The van der Waals surface area contributed by atoms with Crippen LogP contribution in [0, 0.1) is 11.8 Å². The van der Waals surface area contributed by atoms with Crippen molar-refractivity contribution in [3.8, 4) is 0 Å². The van der Waals surface area contributed by atoms with Gasteiger partial charge < -0.3 is 10.1 Å². The number of hydrogen-bond acceptors (Lipinski definition) is 3. The third kappa shape index (κ3) is 7.34. The molecule has 0 radical (unpaired) electrons. The zero-order valence-electron chi connectivity index (χ0n) is 12.7. The fourth-order valence-electron chi connectivity index (χ4n) is 2.36. The fraction of sp³-hybridized carbons (Fsp3) is 1.00. The van der Waals surface area contributed by atoms with E-state index in [1.54, 1.807) is 0 Å². The summed E-state index contributed by atoms with van der Waals surface area (Å²) >= 11 is 0. The molecule has 1 N–H and O–H groups in total. The van der Waals surface area contributed by atoms with Crippen molar-refractivity contribution in [3.05, 3.63) is 0 Å². The summed E-state index contributed by atoms with van der Waals surface area (Å²) in [5.74, 6) is 1.55. The third-order valence-electron chi connectivity index (χ3n) is 3.40. The SMILES string of the molecule is CC(C)CCCN1CCO[C@@H](CNCC(C)C)C1. The number of nitrogens with zero attached hydrogens (tertiary/aromatic N) is 1. The molecule has 0 aromatic heterocycles. The average molecular weight is 256 g/mol. The number of morpholine rings is 1. The first-order valence-electron chi connectivity index (χ1n) is 7.62. The van der Waals surface area contributed by atoms with Crippen molar-refractivity contribution >= 4 is 0 Å². The normalized spacial score (nSPS) is 22.0. The lowest BCUT2D eigenvalue weighted by Gasteiger charge is -2.33. The quantitative estimate of drug-likeness (QED) is 0.721. The molecule has 3 heteroatoms. The highest BCUT2D eigenvalue weighted by atomic mass is 16.5. The highest BCUT2D eigenvalue weighted by molar-refractivity contribution is 4.73. The zero-order valence-corrected chi connectivity index (χ0v) is 12.7. The maximum Gasteiger partial charge on any atom is 0.0826 e. The van der Waals surface area contributed by atoms with Gasteiger partial charge in [-0.2, -0.15) is 0 Å². The summed E-state index contributed by atoms with van der Waals surface area (Å²) in [6.07, 6.45) is 3.05. The van der Waals surface area contributed by atoms with Crippen LogP contribution in [0.2, 0.25) is 0 Å². The second kappa shape index (κ2) is 8.89. The van der Waals surface area contributed by atoms with Crippen molar-refractivity contribution in [2.24, 2.45) is 11.8 Å². The van der Waals surface area contributed by atoms with E-state index in [0.29, 0.717) is 6.10 Å². The third-order valence-corrected chi connectivity index (χ3v) is 3.40. The molecule has 0 aliphatic carbocycles. The van der Waals surface area contributed by atoms with Crippen LogP contribution in [-0.4, -0.2) is 50.3 Å². The van der Waals surface area contributed by atoms with Crippen LogP contribution in [0.4, 0.5) is 0 Å². The Morgan fingerprint density at radius 1 is 1.22 bits per heavy atom. The lowest BCUT2D eigenvalue weighted by molar-refractivity contribution is -0.0277. The highest BCUT2D eigenvalue weighted by Crippen LogP contribution is 2.09. The first-order valence-corrected chi connectivity index (χ1v) is 7.62. The monoisotopic (exact) mass is 256 g/mol. The van der Waals surface area contributed by atoms with Gasteiger partial charge in [-0.15, -0.1) is 0 Å². The topological polar surface area (TPSA) is 24.5 Å². The van der Waals surface area contributed by atoms with Gasteiger partial charge in [0, 0.05) is 19.6 Å². The van der Waals surface area contributed by atoms with Crippen LogP contribution in [0.5, 0.6) is 0 Å². The smallest absolute Gasteiger partial charge is 0.0826 e. The Morgan fingerprint density at radius 3 is 2.67 bits per heavy atom. The molecule has 108 valence electrons. The fourth-order valence-corrected chi connectivity index (χ4v) is 2.36. The van der Waals surface area contributed by atoms with Gasteiger partial charge in [0.2, 0.25) is 0 Å². The van der Waals surface area contributed by atoms with Crippen LogP contribution in [0.3, 0.4) is 0 Å². The molecule has 1 fully saturated rings. The molecule has 1 aliphatic rings. The van der Waals surface area contributed by atoms with Gasteiger partial charge in [-0.25, -0.2) is 0 Å². The van der Waals surface area contributed by atoms with Gasteiger partial charge in [0.05, 0.1) is 12.7 Å². The standard InChI is InChI=1S/C15H32N2O/c1-13(2)6-5-7-17-8-9-18-15(12-17)11-16-10-14(3)4/h13-16H,5-12H2,1-4H3/t15-/m0/s1. The van der Waals surface area contributed by atoms with Crippen molar-refractivity contribution in [3.63, 3.8) is 0 Å². The Kier molecular flexibility index (Phi) is 7.87. The average Bonchev–Trinajstić information content (AvgIpc) is 2.28. The van der Waals surface area contributed by atoms with Gasteiger partial charge in [0.15, 0.2) is 0 Å². The molecule has 0 aromatic rings. The predicted octanol–water partition coefficient (Wildman–Crippen LogP) is 2.37. The van der Waals surface area contributed by atoms with Crippen molar-refractivity contribution < 1.29 is 4.74 Å². The van der Waals surface area contributed by atoms with Crippen LogP contribution < -0.4 is 5.32 Å². The Hall–Kier alpha value is -0.120. The van der Waals surface area contributed by atoms with Gasteiger partial charge in [-0.3, -0.25) is 4.90 Å². The van der Waals surface area contributed by atoms with Crippen molar-refractivity contribution in [2.75, 3.05) is 39.3 Å². The van der Waals surface area contributed by atoms with E-state index in [9.17, 15) is 0 Å². The summed E-state index contributed by atoms with van der Waals surface area (Å²) < 4.78 is 5.81. The lowest BCUT2D eigenvalue weighted by Crippen LogP contribution is -2.47. The molecule has 0 spiro atoms. The molecule has 18 heavy (non-hydrogen) atoms. The van der Waals surface area contributed by atoms with E-state index < -0.39 is 0 Å². The number of hydrogen-bond donors (Lipinski definition) is 1. The van der Waals surface area contributed by atoms with Crippen molar-refractivity contribution in [1.82, 2.24) is 10.2 Å². The van der Waals surface area contributed by atoms with Crippen molar-refractivity contribution in [2.45, 2.75) is 46.6 Å². The van der Waals surface area contributed by atoms with E-state index in [1.165, 1.54) is 19.4 Å². The maximum absolute atomic E-state index is 5.81. The predicted molar refractivity (Wildman–Crippen MR) is 78.0 cm³/mol. The Labute approximate surface area is 113 Å². The van der Waals surface area contributed by atoms with Crippen molar-refractivity contribution in [1.29, 1.82) is 0 Å². The molecule has 3 nitrogen and oxygen atoms in total. The maximum atomic E-state index is 5.81. The highest BCUT2D eigenvalue weighted by Gasteiger charge is 2.19. The van der Waals surface area contributed by atoms with Gasteiger partial charge in [0.1, 0.15) is 0 Å². The summed E-state index contributed by atoms with van der Waals surface area (Å²) in [6.45, 7) is 15.5. The molecule has 1 atom stereocenters. The van der Waals surface area contributed by atoms with Gasteiger partial charge >= 0.3 is 0 Å². The Bertz CT molecular complexity index is 187. The van der Waals surface area contributed by atoms with Crippen LogP contribution >= 0.6 is 0 Å². The second-order valence-electron chi connectivity index (χ2n) is 6.38. The minimum atomic E-state index is 0.386. The summed E-state index contributed by atoms with van der Waals surface area (Å²) in [4.78, 5) is 2.56. The Morgan fingerprint density at radius 2 is 2.00 bits per heavy atom. The molecule has 1 aliphatic heterocycles. The second-order valence-corrected chi connectivity index (χ2v) is 6.38. The Balaban J connectivity index is 2.11. The lowest BCUT2D eigenvalue weighted by atomic mass is 10.1. The first kappa shape index (κ1) is 15.9. The minimum Gasteiger partial charge on any atom is -0.374 e. The first-order chi connectivity index (χ1) is 8.58. The van der Waals surface area contributed by atoms with Crippen LogP contribution in [0.25, 0.3) is 0 Å². The molecule has 0 aromatic carbocycles. The van der Waals surface area contributed by atoms with E-state index >= 15 is 0 Å². The zero-order chi connectivity index (χ0) is 13.4. The van der Waals surface area contributed by atoms with Crippen LogP contribution in [0.15, 0.2) is 0 Å². The molecule has 1 rings (SSSR count). The largest absolute Gasteiger partial charge is 0.374 e. The molecular weight excluding hydrogens is 224 g/mol. The van der Waals surface area contributed by atoms with E-state index in [4.69, 9.17) is 4.74 Å². The molecule has 0 bridgehead atoms. The van der Waals surface area contributed by atoms with E-state index in [2.05, 4.69) is 37.9 Å². The molecule has 1 heterocycles. The molecule has 0 amide bonds. The number of rotatable bonds is 8.